The summed E-state index contributed by atoms with van der Waals surface area (Å²) in [7, 11) is 0. The maximum atomic E-state index is 12.7. The van der Waals surface area contributed by atoms with Crippen LogP contribution in [0.2, 0.25) is 0 Å². The third kappa shape index (κ3) is 4.29. The summed E-state index contributed by atoms with van der Waals surface area (Å²) in [6.45, 7) is 3.37. The fraction of sp³-hybridized carbons (Fsp3) is 0.273. The Morgan fingerprint density at radius 2 is 1.77 bits per heavy atom. The number of nitro benzene ring substituents is 1. The Morgan fingerprint density at radius 3 is 2.37 bits per heavy atom. The Morgan fingerprint density at radius 1 is 1.13 bits per heavy atom. The van der Waals surface area contributed by atoms with Crippen LogP contribution in [-0.2, 0) is 0 Å². The van der Waals surface area contributed by atoms with Crippen LogP contribution in [0, 0.1) is 17.0 Å². The lowest BCUT2D eigenvalue weighted by Gasteiger charge is -2.31. The van der Waals surface area contributed by atoms with E-state index in [0.717, 1.165) is 28.0 Å². The fourth-order valence-electron chi connectivity index (χ4n) is 3.70. The number of hydrogen-bond acceptors (Lipinski definition) is 5. The van der Waals surface area contributed by atoms with Gasteiger partial charge in [-0.15, -0.1) is 11.3 Å². The first-order valence-corrected chi connectivity index (χ1v) is 11.3. The number of likely N-dealkylation sites (tertiary alicyclic amines) is 1. The van der Waals surface area contributed by atoms with Gasteiger partial charge in [0, 0.05) is 41.2 Å². The molecule has 30 heavy (non-hydrogen) atoms. The van der Waals surface area contributed by atoms with Crippen LogP contribution in [0.4, 0.5) is 5.69 Å². The van der Waals surface area contributed by atoms with Crippen molar-refractivity contribution in [1.82, 2.24) is 9.88 Å². The highest BCUT2D eigenvalue weighted by molar-refractivity contribution is 9.10. The molecule has 1 fully saturated rings. The van der Waals surface area contributed by atoms with Gasteiger partial charge in [-0.2, -0.15) is 0 Å². The maximum absolute atomic E-state index is 12.7. The molecule has 3 aromatic rings. The van der Waals surface area contributed by atoms with E-state index in [2.05, 4.69) is 28.1 Å². The number of aryl methyl sites for hydroxylation is 1. The number of aromatic nitrogens is 1. The van der Waals surface area contributed by atoms with Crippen LogP contribution >= 0.6 is 27.3 Å². The molecule has 0 aliphatic carbocycles. The van der Waals surface area contributed by atoms with Gasteiger partial charge in [-0.1, -0.05) is 28.1 Å². The average molecular weight is 486 g/mol. The largest absolute Gasteiger partial charge is 0.339 e. The minimum absolute atomic E-state index is 0.00836. The SMILES string of the molecule is Cc1nc(C2CCN(C(=O)c3ccc([N+](=O)[O-])cc3)CC2)sc1-c1ccc(Br)cc1. The molecule has 1 aromatic heterocycles. The molecule has 6 nitrogen and oxygen atoms in total. The zero-order valence-corrected chi connectivity index (χ0v) is 18.8. The predicted molar refractivity (Wildman–Crippen MR) is 121 cm³/mol. The van der Waals surface area contributed by atoms with Crippen LogP contribution in [-0.4, -0.2) is 33.8 Å². The van der Waals surface area contributed by atoms with E-state index in [1.807, 2.05) is 24.0 Å². The summed E-state index contributed by atoms with van der Waals surface area (Å²) in [4.78, 5) is 30.9. The van der Waals surface area contributed by atoms with Crippen LogP contribution in [0.1, 0.15) is 39.8 Å². The van der Waals surface area contributed by atoms with Gasteiger partial charge < -0.3 is 4.90 Å². The number of benzene rings is 2. The van der Waals surface area contributed by atoms with Crippen LogP contribution < -0.4 is 0 Å². The van der Waals surface area contributed by atoms with Crippen molar-refractivity contribution in [3.05, 3.63) is 79.4 Å². The summed E-state index contributed by atoms with van der Waals surface area (Å²) in [6.07, 6.45) is 1.73. The number of carbonyl (C=O) groups is 1. The Kier molecular flexibility index (Phi) is 5.97. The van der Waals surface area contributed by atoms with Crippen molar-refractivity contribution < 1.29 is 9.72 Å². The van der Waals surface area contributed by atoms with E-state index in [1.54, 1.807) is 11.3 Å². The molecule has 1 amide bonds. The number of hydrogen-bond donors (Lipinski definition) is 0. The summed E-state index contributed by atoms with van der Waals surface area (Å²) < 4.78 is 1.05. The third-order valence-corrected chi connectivity index (χ3v) is 7.27. The van der Waals surface area contributed by atoms with Crippen molar-refractivity contribution in [1.29, 1.82) is 0 Å². The van der Waals surface area contributed by atoms with Gasteiger partial charge in [0.15, 0.2) is 0 Å². The lowest BCUT2D eigenvalue weighted by molar-refractivity contribution is -0.384. The number of carbonyl (C=O) groups excluding carboxylic acids is 1. The van der Waals surface area contributed by atoms with Crippen LogP contribution in [0.25, 0.3) is 10.4 Å². The van der Waals surface area contributed by atoms with Crippen molar-refractivity contribution in [2.24, 2.45) is 0 Å². The Hall–Kier alpha value is -2.58. The van der Waals surface area contributed by atoms with E-state index in [-0.39, 0.29) is 11.6 Å². The number of nitro groups is 1. The first-order chi connectivity index (χ1) is 14.4. The highest BCUT2D eigenvalue weighted by Crippen LogP contribution is 2.37. The number of non-ortho nitro benzene ring substituents is 1. The number of nitrogens with zero attached hydrogens (tertiary/aromatic N) is 3. The minimum atomic E-state index is -0.460. The first kappa shape index (κ1) is 20.7. The lowest BCUT2D eigenvalue weighted by atomic mass is 9.97. The molecule has 0 bridgehead atoms. The second-order valence-electron chi connectivity index (χ2n) is 7.34. The zero-order chi connectivity index (χ0) is 21.3. The Labute approximate surface area is 186 Å². The van der Waals surface area contributed by atoms with Crippen LogP contribution in [0.3, 0.4) is 0 Å². The number of piperidine rings is 1. The third-order valence-electron chi connectivity index (χ3n) is 5.38. The molecule has 0 unspecified atom stereocenters. The molecule has 8 heteroatoms. The van der Waals surface area contributed by atoms with Crippen LogP contribution in [0.5, 0.6) is 0 Å². The monoisotopic (exact) mass is 485 g/mol. The second kappa shape index (κ2) is 8.65. The normalized spacial score (nSPS) is 14.7. The number of halogens is 1. The molecule has 1 saturated heterocycles. The topological polar surface area (TPSA) is 76.3 Å². The van der Waals surface area contributed by atoms with Crippen molar-refractivity contribution in [3.8, 4) is 10.4 Å². The Bertz CT molecular complexity index is 1070. The molecular weight excluding hydrogens is 466 g/mol. The van der Waals surface area contributed by atoms with E-state index in [4.69, 9.17) is 4.98 Å². The molecule has 4 rings (SSSR count). The summed E-state index contributed by atoms with van der Waals surface area (Å²) in [6, 6.07) is 14.1. The summed E-state index contributed by atoms with van der Waals surface area (Å²) in [5.41, 5.74) is 2.69. The Balaban J connectivity index is 1.42. The van der Waals surface area contributed by atoms with Crippen molar-refractivity contribution in [2.45, 2.75) is 25.7 Å². The first-order valence-electron chi connectivity index (χ1n) is 9.69. The highest BCUT2D eigenvalue weighted by Gasteiger charge is 2.27. The molecule has 2 heterocycles. The highest BCUT2D eigenvalue weighted by atomic mass is 79.9. The van der Waals surface area contributed by atoms with E-state index < -0.39 is 4.92 Å². The molecule has 154 valence electrons. The molecule has 0 radical (unpaired) electrons. The number of thiazole rings is 1. The van der Waals surface area contributed by atoms with Gasteiger partial charge in [0.25, 0.3) is 11.6 Å². The molecule has 0 spiro atoms. The quantitative estimate of drug-likeness (QED) is 0.345. The number of rotatable bonds is 4. The molecule has 1 aliphatic heterocycles. The molecule has 0 saturated carbocycles. The van der Waals surface area contributed by atoms with Gasteiger partial charge in [-0.25, -0.2) is 4.98 Å². The van der Waals surface area contributed by atoms with Gasteiger partial charge in [0.2, 0.25) is 0 Å². The smallest absolute Gasteiger partial charge is 0.269 e. The number of amides is 1. The zero-order valence-electron chi connectivity index (χ0n) is 16.4. The summed E-state index contributed by atoms with van der Waals surface area (Å²) in [5, 5.41) is 11.9. The van der Waals surface area contributed by atoms with Gasteiger partial charge in [0.05, 0.1) is 20.5 Å². The maximum Gasteiger partial charge on any atom is 0.269 e. The standard InChI is InChI=1S/C22H20BrN3O3S/c1-14-20(15-2-6-18(23)7-3-15)30-21(24-14)16-10-12-25(13-11-16)22(27)17-4-8-19(9-5-17)26(28)29/h2-9,16H,10-13H2,1H3. The van der Waals surface area contributed by atoms with Crippen molar-refractivity contribution in [2.75, 3.05) is 13.1 Å². The van der Waals surface area contributed by atoms with Crippen molar-refractivity contribution >= 4 is 38.9 Å². The van der Waals surface area contributed by atoms with E-state index >= 15 is 0 Å². The van der Waals surface area contributed by atoms with Crippen LogP contribution in [0.15, 0.2) is 53.0 Å². The predicted octanol–water partition coefficient (Wildman–Crippen LogP) is 5.81. The van der Waals surface area contributed by atoms with Crippen molar-refractivity contribution in [3.63, 3.8) is 0 Å². The van der Waals surface area contributed by atoms with Gasteiger partial charge in [0.1, 0.15) is 0 Å². The average Bonchev–Trinajstić information content (AvgIpc) is 3.15. The molecule has 0 atom stereocenters. The molecule has 0 N–H and O–H groups in total. The molecular formula is C22H20BrN3O3S. The van der Waals surface area contributed by atoms with Gasteiger partial charge >= 0.3 is 0 Å². The lowest BCUT2D eigenvalue weighted by Crippen LogP contribution is -2.37. The minimum Gasteiger partial charge on any atom is -0.339 e. The van der Waals surface area contributed by atoms with Gasteiger partial charge in [-0.3, -0.25) is 14.9 Å². The van der Waals surface area contributed by atoms with E-state index in [0.29, 0.717) is 24.6 Å². The summed E-state index contributed by atoms with van der Waals surface area (Å²) in [5.74, 6) is 0.271. The molecule has 2 aromatic carbocycles. The fourth-order valence-corrected chi connectivity index (χ4v) is 5.20. The molecule has 1 aliphatic rings. The van der Waals surface area contributed by atoms with E-state index in [1.165, 1.54) is 34.7 Å². The van der Waals surface area contributed by atoms with Gasteiger partial charge in [-0.05, 0) is 49.6 Å². The van der Waals surface area contributed by atoms with E-state index in [9.17, 15) is 14.9 Å². The summed E-state index contributed by atoms with van der Waals surface area (Å²) >= 11 is 5.22. The second-order valence-corrected chi connectivity index (χ2v) is 9.29.